The van der Waals surface area contributed by atoms with Crippen LogP contribution in [0.15, 0.2) is 60.7 Å². The number of carbonyl (C=O) groups is 3. The van der Waals surface area contributed by atoms with Gasteiger partial charge in [-0.1, -0.05) is 48.5 Å². The number of hydrogen-bond acceptors (Lipinski definition) is 7. The van der Waals surface area contributed by atoms with Gasteiger partial charge in [0.2, 0.25) is 5.91 Å². The first-order chi connectivity index (χ1) is 15.6. The Hall–Kier alpha value is -3.40. The second-order valence-corrected chi connectivity index (χ2v) is 11.1. The van der Waals surface area contributed by atoms with Gasteiger partial charge in [-0.15, -0.1) is 0 Å². The fraction of sp³-hybridized carbons (Fsp3) is 0.348. The highest BCUT2D eigenvalue weighted by atomic mass is 32.2. The number of benzene rings is 2. The number of ether oxygens (including phenoxy) is 2. The minimum absolute atomic E-state index is 0.0456. The molecule has 0 aromatic heterocycles. The van der Waals surface area contributed by atoms with Gasteiger partial charge in [0.25, 0.3) is 5.91 Å². The first-order valence-corrected chi connectivity index (χ1v) is 11.9. The highest BCUT2D eigenvalue weighted by Crippen LogP contribution is 2.46. The number of esters is 1. The van der Waals surface area contributed by atoms with Crippen LogP contribution in [-0.2, 0) is 35.6 Å². The maximum absolute atomic E-state index is 13.2. The van der Waals surface area contributed by atoms with Gasteiger partial charge in [-0.3, -0.25) is 9.59 Å². The van der Waals surface area contributed by atoms with Crippen LogP contribution in [0.4, 0.5) is 0 Å². The molecular weight excluding hydrogens is 448 g/mol. The average Bonchev–Trinajstić information content (AvgIpc) is 2.95. The molecule has 174 valence electrons. The number of para-hydroxylation sites is 1. The van der Waals surface area contributed by atoms with Gasteiger partial charge in [-0.25, -0.2) is 13.2 Å². The van der Waals surface area contributed by atoms with Crippen molar-refractivity contribution in [1.29, 1.82) is 0 Å². The van der Waals surface area contributed by atoms with Crippen molar-refractivity contribution in [3.05, 3.63) is 66.2 Å². The van der Waals surface area contributed by atoms with E-state index in [1.54, 1.807) is 54.6 Å². The topological polar surface area (TPSA) is 119 Å². The highest BCUT2D eigenvalue weighted by molar-refractivity contribution is 7.94. The van der Waals surface area contributed by atoms with Crippen molar-refractivity contribution in [3.63, 3.8) is 0 Å². The molecule has 0 bridgehead atoms. The number of nitrogens with zero attached hydrogens (tertiary/aromatic N) is 1. The summed E-state index contributed by atoms with van der Waals surface area (Å²) < 4.78 is 35.5. The fourth-order valence-corrected chi connectivity index (χ4v) is 6.32. The maximum Gasteiger partial charge on any atom is 0.330 e. The fourth-order valence-electron chi connectivity index (χ4n) is 4.11. The van der Waals surface area contributed by atoms with Gasteiger partial charge in [0, 0.05) is 0 Å². The van der Waals surface area contributed by atoms with Crippen LogP contribution in [-0.4, -0.2) is 59.9 Å². The van der Waals surface area contributed by atoms with Crippen molar-refractivity contribution in [3.8, 4) is 5.75 Å². The highest BCUT2D eigenvalue weighted by Gasteiger charge is 2.72. The van der Waals surface area contributed by atoms with Gasteiger partial charge in [-0.05, 0) is 31.5 Å². The number of nitrogens with one attached hydrogen (secondary N) is 1. The number of fused-ring (bicyclic) bond motifs is 1. The second kappa shape index (κ2) is 8.51. The molecule has 2 aromatic rings. The summed E-state index contributed by atoms with van der Waals surface area (Å²) in [5, 5.41) is 1.09. The van der Waals surface area contributed by atoms with Gasteiger partial charge in [0.05, 0.1) is 0 Å². The predicted octanol–water partition coefficient (Wildman–Crippen LogP) is 1.04. The smallest absolute Gasteiger partial charge is 0.330 e. The van der Waals surface area contributed by atoms with Gasteiger partial charge in [0.1, 0.15) is 29.2 Å². The molecule has 9 nitrogen and oxygen atoms in total. The zero-order valence-corrected chi connectivity index (χ0v) is 18.9. The summed E-state index contributed by atoms with van der Waals surface area (Å²) in [5.74, 6) is -1.63. The molecule has 0 aliphatic carbocycles. The Kier molecular flexibility index (Phi) is 5.87. The van der Waals surface area contributed by atoms with Crippen molar-refractivity contribution in [2.45, 2.75) is 42.7 Å². The Balaban J connectivity index is 1.45. The molecule has 0 spiro atoms. The summed E-state index contributed by atoms with van der Waals surface area (Å²) >= 11 is 0. The SMILES string of the molecule is CC1(C)[C@H](C(=O)OCc2ccccc2)N2C(=O)[C@@H](NC(=O)COc3ccccc3)[C@H]2S1(=O)=O. The lowest BCUT2D eigenvalue weighted by Gasteiger charge is -2.42. The number of carbonyl (C=O) groups excluding carboxylic acids is 3. The van der Waals surface area contributed by atoms with Crippen molar-refractivity contribution in [2.24, 2.45) is 0 Å². The predicted molar refractivity (Wildman–Crippen MR) is 118 cm³/mol. The van der Waals surface area contributed by atoms with E-state index in [-0.39, 0.29) is 13.2 Å². The molecule has 2 fully saturated rings. The number of hydrogen-bond donors (Lipinski definition) is 1. The Morgan fingerprint density at radius 3 is 2.27 bits per heavy atom. The third-order valence-corrected chi connectivity index (χ3v) is 8.77. The lowest BCUT2D eigenvalue weighted by molar-refractivity contribution is -0.165. The monoisotopic (exact) mass is 472 g/mol. The lowest BCUT2D eigenvalue weighted by Crippen LogP contribution is -2.72. The summed E-state index contributed by atoms with van der Waals surface area (Å²) in [6.07, 6.45) is 0. The van der Waals surface area contributed by atoms with E-state index < -0.39 is 49.8 Å². The summed E-state index contributed by atoms with van der Waals surface area (Å²) in [5.41, 5.74) is 0.736. The first kappa shape index (κ1) is 22.8. The van der Waals surface area contributed by atoms with E-state index in [1.165, 1.54) is 13.8 Å². The van der Waals surface area contributed by atoms with Gasteiger partial charge in [-0.2, -0.15) is 0 Å². The van der Waals surface area contributed by atoms with Crippen molar-refractivity contribution < 1.29 is 32.3 Å². The number of sulfone groups is 1. The molecule has 10 heteroatoms. The van der Waals surface area contributed by atoms with E-state index in [9.17, 15) is 22.8 Å². The van der Waals surface area contributed by atoms with E-state index in [4.69, 9.17) is 9.47 Å². The minimum Gasteiger partial charge on any atom is -0.484 e. The van der Waals surface area contributed by atoms with Crippen LogP contribution in [0.5, 0.6) is 5.75 Å². The third kappa shape index (κ3) is 3.95. The Morgan fingerprint density at radius 2 is 1.64 bits per heavy atom. The molecule has 2 aromatic carbocycles. The van der Waals surface area contributed by atoms with Crippen LogP contribution >= 0.6 is 0 Å². The van der Waals surface area contributed by atoms with Crippen molar-refractivity contribution in [2.75, 3.05) is 6.61 Å². The molecule has 2 saturated heterocycles. The normalized spacial score (nSPS) is 24.4. The average molecular weight is 473 g/mol. The third-order valence-electron chi connectivity index (χ3n) is 5.94. The molecular formula is C23H24N2O7S. The molecule has 3 atom stereocenters. The van der Waals surface area contributed by atoms with Crippen molar-refractivity contribution >= 4 is 27.6 Å². The molecule has 4 rings (SSSR count). The standard InChI is InChI=1S/C23H24N2O7S/c1-23(2)19(22(28)32-13-15-9-5-3-6-10-15)25-20(27)18(21(25)33(23,29)30)24-17(26)14-31-16-11-7-4-8-12-16/h3-12,18-19,21H,13-14H2,1-2H3,(H,24,26)/t18-,19+,21-/m1/s1. The maximum atomic E-state index is 13.2. The second-order valence-electron chi connectivity index (χ2n) is 8.43. The summed E-state index contributed by atoms with van der Waals surface area (Å²) in [6.45, 7) is 2.35. The van der Waals surface area contributed by atoms with Crippen LogP contribution in [0.3, 0.4) is 0 Å². The summed E-state index contributed by atoms with van der Waals surface area (Å²) in [7, 11) is -3.99. The van der Waals surface area contributed by atoms with Crippen LogP contribution in [0.2, 0.25) is 0 Å². The lowest BCUT2D eigenvalue weighted by atomic mass is 9.96. The minimum atomic E-state index is -3.99. The molecule has 1 N–H and O–H groups in total. The van der Waals surface area contributed by atoms with E-state index in [0.29, 0.717) is 5.75 Å². The first-order valence-electron chi connectivity index (χ1n) is 10.4. The molecule has 2 aliphatic rings. The zero-order valence-electron chi connectivity index (χ0n) is 18.1. The van der Waals surface area contributed by atoms with Crippen LogP contribution < -0.4 is 10.1 Å². The quantitative estimate of drug-likeness (QED) is 0.472. The molecule has 2 amide bonds. The van der Waals surface area contributed by atoms with Crippen LogP contribution in [0.25, 0.3) is 0 Å². The summed E-state index contributed by atoms with van der Waals surface area (Å²) in [4.78, 5) is 39.0. The number of amides is 2. The molecule has 33 heavy (non-hydrogen) atoms. The Morgan fingerprint density at radius 1 is 1.03 bits per heavy atom. The van der Waals surface area contributed by atoms with Gasteiger partial charge >= 0.3 is 5.97 Å². The Labute approximate surface area is 191 Å². The van der Waals surface area contributed by atoms with Crippen LogP contribution in [0, 0.1) is 0 Å². The molecule has 0 radical (unpaired) electrons. The largest absolute Gasteiger partial charge is 0.484 e. The molecule has 2 heterocycles. The van der Waals surface area contributed by atoms with E-state index in [0.717, 1.165) is 10.5 Å². The van der Waals surface area contributed by atoms with Gasteiger partial charge in [0.15, 0.2) is 21.8 Å². The summed E-state index contributed by atoms with van der Waals surface area (Å²) in [6, 6.07) is 14.9. The van der Waals surface area contributed by atoms with E-state index in [1.807, 2.05) is 6.07 Å². The molecule has 0 unspecified atom stereocenters. The Bertz CT molecular complexity index is 1170. The molecule has 2 aliphatic heterocycles. The van der Waals surface area contributed by atoms with Crippen molar-refractivity contribution in [1.82, 2.24) is 10.2 Å². The van der Waals surface area contributed by atoms with Gasteiger partial charge < -0.3 is 19.7 Å². The van der Waals surface area contributed by atoms with Crippen LogP contribution in [0.1, 0.15) is 19.4 Å². The number of β-lactam (4-membered cyclic amide) rings is 1. The zero-order chi connectivity index (χ0) is 23.8. The van der Waals surface area contributed by atoms with E-state index in [2.05, 4.69) is 5.32 Å². The van der Waals surface area contributed by atoms with E-state index >= 15 is 0 Å². The molecule has 0 saturated carbocycles. The number of rotatable bonds is 7.